The van der Waals surface area contributed by atoms with Gasteiger partial charge in [-0.25, -0.2) is 0 Å². The van der Waals surface area contributed by atoms with Crippen LogP contribution in [0.5, 0.6) is 12.0 Å². The number of quaternary nitrogens is 1. The molecule has 2 bridgehead atoms. The Morgan fingerprint density at radius 2 is 1.35 bits per heavy atom. The van der Waals surface area contributed by atoms with Crippen molar-refractivity contribution in [1.29, 1.82) is 0 Å². The van der Waals surface area contributed by atoms with Crippen LogP contribution in [0.15, 0.2) is 0 Å². The largest absolute Gasteiger partial charge is 1.00 e. The molecule has 0 unspecified atom stereocenters. The van der Waals surface area contributed by atoms with E-state index < -0.39 is 0 Å². The van der Waals surface area contributed by atoms with Crippen LogP contribution in [-0.4, -0.2) is 47.8 Å². The van der Waals surface area contributed by atoms with Gasteiger partial charge in [-0.15, -0.1) is 15.0 Å². The predicted molar refractivity (Wildman–Crippen MR) is 85.1 cm³/mol. The fourth-order valence-corrected chi connectivity index (χ4v) is 3.41. The highest BCUT2D eigenvalue weighted by atomic mass is 35.5. The minimum Gasteiger partial charge on any atom is -1.00 e. The van der Waals surface area contributed by atoms with Gasteiger partial charge in [-0.2, -0.15) is 0 Å². The molecule has 4 rings (SSSR count). The minimum absolute atomic E-state index is 0. The van der Waals surface area contributed by atoms with Gasteiger partial charge in [0.25, 0.3) is 0 Å². The Labute approximate surface area is 144 Å². The lowest BCUT2D eigenvalue weighted by Crippen LogP contribution is -3.00. The zero-order chi connectivity index (χ0) is 15.4. The summed E-state index contributed by atoms with van der Waals surface area (Å²) in [5, 5.41) is 0. The molecule has 6 nitrogen and oxygen atoms in total. The third kappa shape index (κ3) is 4.04. The molecule has 0 N–H and O–H groups in total. The van der Waals surface area contributed by atoms with Gasteiger partial charge in [-0.1, -0.05) is 13.8 Å². The topological polar surface area (TPSA) is 57.1 Å². The Morgan fingerprint density at radius 1 is 0.870 bits per heavy atom. The quantitative estimate of drug-likeness (QED) is 0.630. The second kappa shape index (κ2) is 8.11. The first kappa shape index (κ1) is 18.2. The third-order valence-corrected chi connectivity index (χ3v) is 4.77. The first-order chi connectivity index (χ1) is 10.8. The standard InChI is InChI=1S/C16H27N4O2.ClH/c1-3-11-21-15-17-14(18-16(19-15)22-12-4-2)20-8-5-13(6-9-20)7-10-20;/h13H,3-12H2,1-2H3;1H/q+1;/p-1. The molecule has 0 saturated carbocycles. The summed E-state index contributed by atoms with van der Waals surface area (Å²) >= 11 is 0. The average molecular weight is 343 g/mol. The van der Waals surface area contributed by atoms with E-state index in [4.69, 9.17) is 9.47 Å². The lowest BCUT2D eigenvalue weighted by molar-refractivity contribution is -0.00000650. The Kier molecular flexibility index (Phi) is 6.41. The van der Waals surface area contributed by atoms with Crippen LogP contribution < -0.4 is 26.4 Å². The van der Waals surface area contributed by atoms with Gasteiger partial charge >= 0.3 is 18.0 Å². The predicted octanol–water partition coefficient (Wildman–Crippen LogP) is -0.426. The van der Waals surface area contributed by atoms with Crippen molar-refractivity contribution in [3.8, 4) is 12.0 Å². The van der Waals surface area contributed by atoms with Crippen molar-refractivity contribution in [1.82, 2.24) is 19.4 Å². The molecule has 0 aromatic carbocycles. The molecule has 0 spiro atoms. The highest BCUT2D eigenvalue weighted by molar-refractivity contribution is 5.30. The van der Waals surface area contributed by atoms with Gasteiger partial charge in [0.1, 0.15) is 0 Å². The maximum absolute atomic E-state index is 5.66. The molecule has 1 aromatic heterocycles. The Bertz CT molecular complexity index is 467. The molecule has 7 heteroatoms. The molecule has 3 aliphatic rings. The number of fused-ring (bicyclic) bond motifs is 3. The molecular formula is C16H27ClN4O2. The molecular weight excluding hydrogens is 316 g/mol. The lowest BCUT2D eigenvalue weighted by atomic mass is 9.86. The number of piperidine rings is 3. The molecule has 23 heavy (non-hydrogen) atoms. The number of hydrogen-bond donors (Lipinski definition) is 0. The third-order valence-electron chi connectivity index (χ3n) is 4.77. The summed E-state index contributed by atoms with van der Waals surface area (Å²) in [5.41, 5.74) is 0. The second-order valence-electron chi connectivity index (χ2n) is 6.45. The van der Waals surface area contributed by atoms with E-state index in [1.165, 1.54) is 19.3 Å². The molecule has 0 atom stereocenters. The number of rotatable bonds is 7. The fourth-order valence-electron chi connectivity index (χ4n) is 3.41. The SMILES string of the molecule is CCCOc1nc(OCCC)nc([N+]23CCC(CC2)CC3)n1.[Cl-]. The summed E-state index contributed by atoms with van der Waals surface area (Å²) in [4.78, 5) is 13.5. The van der Waals surface area contributed by atoms with Gasteiger partial charge in [0, 0.05) is 19.3 Å². The van der Waals surface area contributed by atoms with Crippen LogP contribution in [-0.2, 0) is 0 Å². The normalized spacial score (nSPS) is 25.7. The van der Waals surface area contributed by atoms with E-state index >= 15 is 0 Å². The first-order valence-corrected chi connectivity index (χ1v) is 8.64. The van der Waals surface area contributed by atoms with Crippen molar-refractivity contribution in [3.05, 3.63) is 0 Å². The molecule has 0 aliphatic carbocycles. The number of hydrogen-bond acceptors (Lipinski definition) is 5. The smallest absolute Gasteiger partial charge is 0.338 e. The molecule has 130 valence electrons. The number of aromatic nitrogens is 3. The van der Waals surface area contributed by atoms with E-state index in [-0.39, 0.29) is 12.4 Å². The van der Waals surface area contributed by atoms with Crippen LogP contribution in [0.2, 0.25) is 0 Å². The van der Waals surface area contributed by atoms with Crippen molar-refractivity contribution < 1.29 is 21.9 Å². The van der Waals surface area contributed by atoms with Crippen LogP contribution >= 0.6 is 0 Å². The molecule has 4 heterocycles. The Hall–Kier alpha value is -1.14. The number of halogens is 1. The fraction of sp³-hybridized carbons (Fsp3) is 0.812. The summed E-state index contributed by atoms with van der Waals surface area (Å²) in [6, 6.07) is 0.830. The van der Waals surface area contributed by atoms with Crippen molar-refractivity contribution in [2.24, 2.45) is 5.92 Å². The monoisotopic (exact) mass is 342 g/mol. The minimum atomic E-state index is 0. The van der Waals surface area contributed by atoms with Crippen LogP contribution in [0.4, 0.5) is 5.95 Å². The van der Waals surface area contributed by atoms with Crippen LogP contribution in [0.1, 0.15) is 46.0 Å². The molecule has 3 fully saturated rings. The van der Waals surface area contributed by atoms with Crippen molar-refractivity contribution in [2.75, 3.05) is 32.8 Å². The van der Waals surface area contributed by atoms with E-state index in [1.54, 1.807) is 0 Å². The van der Waals surface area contributed by atoms with E-state index in [0.717, 1.165) is 48.8 Å². The van der Waals surface area contributed by atoms with Crippen LogP contribution in [0.25, 0.3) is 0 Å². The summed E-state index contributed by atoms with van der Waals surface area (Å²) in [6.45, 7) is 8.80. The molecule has 0 radical (unpaired) electrons. The zero-order valence-electron chi connectivity index (χ0n) is 14.1. The van der Waals surface area contributed by atoms with Gasteiger partial charge in [0.05, 0.1) is 32.8 Å². The molecule has 3 saturated heterocycles. The molecule has 0 amide bonds. The maximum Gasteiger partial charge on any atom is 0.338 e. The first-order valence-electron chi connectivity index (χ1n) is 8.64. The van der Waals surface area contributed by atoms with E-state index in [9.17, 15) is 0 Å². The summed E-state index contributed by atoms with van der Waals surface area (Å²) in [6.07, 6.45) is 5.72. The Morgan fingerprint density at radius 3 is 1.78 bits per heavy atom. The van der Waals surface area contributed by atoms with E-state index in [1.807, 2.05) is 0 Å². The zero-order valence-corrected chi connectivity index (χ0v) is 14.9. The molecule has 1 aromatic rings. The average Bonchev–Trinajstić information content (AvgIpc) is 2.59. The van der Waals surface area contributed by atoms with Gasteiger partial charge in [-0.05, 0) is 18.8 Å². The van der Waals surface area contributed by atoms with Crippen molar-refractivity contribution in [2.45, 2.75) is 46.0 Å². The van der Waals surface area contributed by atoms with Crippen LogP contribution in [0, 0.1) is 5.92 Å². The summed E-state index contributed by atoms with van der Waals surface area (Å²) in [7, 11) is 0. The highest BCUT2D eigenvalue weighted by Gasteiger charge is 2.44. The van der Waals surface area contributed by atoms with E-state index in [0.29, 0.717) is 25.2 Å². The number of nitrogens with zero attached hydrogens (tertiary/aromatic N) is 4. The van der Waals surface area contributed by atoms with E-state index in [2.05, 4.69) is 28.8 Å². The maximum atomic E-state index is 5.66. The van der Waals surface area contributed by atoms with Crippen molar-refractivity contribution in [3.63, 3.8) is 0 Å². The number of ether oxygens (including phenoxy) is 2. The lowest BCUT2D eigenvalue weighted by Gasteiger charge is -2.46. The second-order valence-corrected chi connectivity index (χ2v) is 6.45. The van der Waals surface area contributed by atoms with Gasteiger partial charge in [0.2, 0.25) is 0 Å². The Balaban J connectivity index is 0.00000192. The summed E-state index contributed by atoms with van der Waals surface area (Å²) in [5.74, 6) is 1.75. The summed E-state index contributed by atoms with van der Waals surface area (Å²) < 4.78 is 12.2. The highest BCUT2D eigenvalue weighted by Crippen LogP contribution is 2.37. The van der Waals surface area contributed by atoms with Gasteiger partial charge in [0.15, 0.2) is 0 Å². The molecule has 3 aliphatic heterocycles. The van der Waals surface area contributed by atoms with Crippen LogP contribution in [0.3, 0.4) is 0 Å². The van der Waals surface area contributed by atoms with Gasteiger partial charge in [-0.3, -0.25) is 4.48 Å². The van der Waals surface area contributed by atoms with Gasteiger partial charge < -0.3 is 21.9 Å². The van der Waals surface area contributed by atoms with Crippen molar-refractivity contribution >= 4 is 5.95 Å².